The van der Waals surface area contributed by atoms with Crippen molar-refractivity contribution in [3.8, 4) is 0 Å². The van der Waals surface area contributed by atoms with E-state index in [1.807, 2.05) is 27.1 Å². The summed E-state index contributed by atoms with van der Waals surface area (Å²) >= 11 is 0. The van der Waals surface area contributed by atoms with Gasteiger partial charge in [0.05, 0.1) is 11.9 Å². The quantitative estimate of drug-likeness (QED) is 0.538. The summed E-state index contributed by atoms with van der Waals surface area (Å²) in [6, 6.07) is 0. The van der Waals surface area contributed by atoms with Crippen LogP contribution in [0.3, 0.4) is 0 Å². The van der Waals surface area contributed by atoms with Crippen LogP contribution in [0.25, 0.3) is 0 Å². The molecule has 1 atom stereocenters. The van der Waals surface area contributed by atoms with Crippen LogP contribution in [0.15, 0.2) is 23.7 Å². The van der Waals surface area contributed by atoms with Crippen LogP contribution < -0.4 is 16.8 Å². The van der Waals surface area contributed by atoms with Crippen LogP contribution >= 0.6 is 0 Å². The summed E-state index contributed by atoms with van der Waals surface area (Å²) in [6.07, 6.45) is 3.51. The van der Waals surface area contributed by atoms with E-state index in [0.29, 0.717) is 6.61 Å². The molecule has 0 aromatic rings. The number of hydrogen-bond acceptors (Lipinski definition) is 4. The van der Waals surface area contributed by atoms with Crippen LogP contribution in [0, 0.1) is 0 Å². The number of ether oxygens (including phenoxy) is 1. The molecule has 4 nitrogen and oxygen atoms in total. The molecule has 0 heterocycles. The van der Waals surface area contributed by atoms with Crippen molar-refractivity contribution >= 4 is 0 Å². The minimum Gasteiger partial charge on any atom is -0.394 e. The normalized spacial score (nSPS) is 13.6. The van der Waals surface area contributed by atoms with Crippen LogP contribution in [-0.2, 0) is 4.74 Å². The molecule has 0 fully saturated rings. The fraction of sp³-hybridized carbons (Fsp3) is 0.556. The first-order chi connectivity index (χ1) is 6.11. The lowest BCUT2D eigenvalue weighted by Crippen LogP contribution is -2.16. The Balaban J connectivity index is 4.42. The Morgan fingerprint density at radius 2 is 2.15 bits per heavy atom. The Bertz CT molecular complexity index is 195. The van der Waals surface area contributed by atoms with Crippen molar-refractivity contribution in [2.24, 2.45) is 11.5 Å². The summed E-state index contributed by atoms with van der Waals surface area (Å²) in [6.45, 7) is 4.57. The third-order valence-corrected chi connectivity index (χ3v) is 1.53. The molecule has 0 aliphatic rings. The molecule has 0 saturated carbocycles. The van der Waals surface area contributed by atoms with Crippen molar-refractivity contribution in [3.63, 3.8) is 0 Å². The molecule has 0 aliphatic heterocycles. The average molecular weight is 185 g/mol. The summed E-state index contributed by atoms with van der Waals surface area (Å²) in [5, 5.41) is 2.91. The first kappa shape index (κ1) is 11.8. The Labute approximate surface area is 79.6 Å². The lowest BCUT2D eigenvalue weighted by Gasteiger charge is -2.13. The number of rotatable bonds is 5. The topological polar surface area (TPSA) is 73.3 Å². The highest BCUT2D eigenvalue weighted by Crippen LogP contribution is 2.07. The molecular formula is C9H19N3O. The Morgan fingerprint density at radius 3 is 2.54 bits per heavy atom. The van der Waals surface area contributed by atoms with Crippen molar-refractivity contribution in [1.82, 2.24) is 5.32 Å². The van der Waals surface area contributed by atoms with E-state index in [1.165, 1.54) is 0 Å². The highest BCUT2D eigenvalue weighted by atomic mass is 16.5. The highest BCUT2D eigenvalue weighted by molar-refractivity contribution is 5.24. The monoisotopic (exact) mass is 185 g/mol. The van der Waals surface area contributed by atoms with E-state index in [-0.39, 0.29) is 11.9 Å². The third kappa shape index (κ3) is 5.14. The predicted molar refractivity (Wildman–Crippen MR) is 54.7 cm³/mol. The first-order valence-electron chi connectivity index (χ1n) is 4.33. The fourth-order valence-electron chi connectivity index (χ4n) is 0.982. The van der Waals surface area contributed by atoms with Crippen molar-refractivity contribution in [1.29, 1.82) is 0 Å². The minimum absolute atomic E-state index is 0.000417. The zero-order valence-electron chi connectivity index (χ0n) is 8.50. The van der Waals surface area contributed by atoms with Gasteiger partial charge >= 0.3 is 0 Å². The van der Waals surface area contributed by atoms with Crippen LogP contribution in [0.1, 0.15) is 13.8 Å². The number of nitrogens with one attached hydrogen (secondary N) is 1. The van der Waals surface area contributed by atoms with Gasteiger partial charge in [-0.05, 0) is 25.5 Å². The van der Waals surface area contributed by atoms with Gasteiger partial charge < -0.3 is 21.5 Å². The molecule has 13 heavy (non-hydrogen) atoms. The maximum Gasteiger partial charge on any atom is 0.0937 e. The second-order valence-corrected chi connectivity index (χ2v) is 2.67. The Hall–Kier alpha value is -1.16. The SMILES string of the molecule is CCOC(C)/C(C=C(N)N)=C/NC. The van der Waals surface area contributed by atoms with Crippen LogP contribution in [-0.4, -0.2) is 19.8 Å². The van der Waals surface area contributed by atoms with Crippen LogP contribution in [0.2, 0.25) is 0 Å². The molecule has 0 amide bonds. The smallest absolute Gasteiger partial charge is 0.0937 e. The Kier molecular flexibility index (Phi) is 5.80. The molecule has 4 heteroatoms. The molecule has 0 aromatic heterocycles. The molecule has 0 spiro atoms. The van der Waals surface area contributed by atoms with Gasteiger partial charge in [0.15, 0.2) is 0 Å². The van der Waals surface area contributed by atoms with Gasteiger partial charge in [-0.25, -0.2) is 0 Å². The van der Waals surface area contributed by atoms with Crippen LogP contribution in [0.5, 0.6) is 0 Å². The summed E-state index contributed by atoms with van der Waals surface area (Å²) in [4.78, 5) is 0. The summed E-state index contributed by atoms with van der Waals surface area (Å²) in [5.41, 5.74) is 11.7. The second kappa shape index (κ2) is 6.37. The number of nitrogens with two attached hydrogens (primary N) is 2. The molecule has 0 radical (unpaired) electrons. The number of hydrogen-bond donors (Lipinski definition) is 3. The van der Waals surface area contributed by atoms with Gasteiger partial charge in [0, 0.05) is 19.9 Å². The molecule has 5 N–H and O–H groups in total. The molecule has 1 unspecified atom stereocenters. The molecule has 76 valence electrons. The van der Waals surface area contributed by atoms with E-state index < -0.39 is 0 Å². The van der Waals surface area contributed by atoms with E-state index in [2.05, 4.69) is 5.32 Å². The second-order valence-electron chi connectivity index (χ2n) is 2.67. The lowest BCUT2D eigenvalue weighted by molar-refractivity contribution is 0.103. The van der Waals surface area contributed by atoms with Gasteiger partial charge in [-0.2, -0.15) is 0 Å². The average Bonchev–Trinajstić information content (AvgIpc) is 2.03. The minimum atomic E-state index is -0.000417. The first-order valence-corrected chi connectivity index (χ1v) is 4.33. The van der Waals surface area contributed by atoms with Crippen LogP contribution in [0.4, 0.5) is 0 Å². The third-order valence-electron chi connectivity index (χ3n) is 1.53. The molecular weight excluding hydrogens is 166 g/mol. The summed E-state index contributed by atoms with van der Waals surface area (Å²) < 4.78 is 5.39. The largest absolute Gasteiger partial charge is 0.394 e. The van der Waals surface area contributed by atoms with E-state index in [9.17, 15) is 0 Å². The Morgan fingerprint density at radius 1 is 1.54 bits per heavy atom. The van der Waals surface area contributed by atoms with E-state index in [1.54, 1.807) is 6.08 Å². The lowest BCUT2D eigenvalue weighted by atomic mass is 10.1. The van der Waals surface area contributed by atoms with E-state index >= 15 is 0 Å². The summed E-state index contributed by atoms with van der Waals surface area (Å²) in [5.74, 6) is 0.285. The van der Waals surface area contributed by atoms with Gasteiger partial charge in [-0.15, -0.1) is 0 Å². The maximum atomic E-state index is 5.39. The van der Waals surface area contributed by atoms with E-state index in [0.717, 1.165) is 5.57 Å². The van der Waals surface area contributed by atoms with Gasteiger partial charge in [0.2, 0.25) is 0 Å². The van der Waals surface area contributed by atoms with Gasteiger partial charge in [0.25, 0.3) is 0 Å². The summed E-state index contributed by atoms with van der Waals surface area (Å²) in [7, 11) is 1.82. The van der Waals surface area contributed by atoms with Gasteiger partial charge in [0.1, 0.15) is 0 Å². The van der Waals surface area contributed by atoms with Crippen molar-refractivity contribution in [3.05, 3.63) is 23.7 Å². The zero-order chi connectivity index (χ0) is 10.3. The van der Waals surface area contributed by atoms with Gasteiger partial charge in [-0.1, -0.05) is 0 Å². The van der Waals surface area contributed by atoms with E-state index in [4.69, 9.17) is 16.2 Å². The standard InChI is InChI=1S/C9H19N3O/c1-4-13-7(2)8(6-12-3)5-9(10)11/h5-7,12H,4,10-11H2,1-3H3/b8-6+. The van der Waals surface area contributed by atoms with Crippen molar-refractivity contribution in [2.45, 2.75) is 20.0 Å². The molecule has 0 rings (SSSR count). The molecule has 0 bridgehead atoms. The maximum absolute atomic E-state index is 5.39. The highest BCUT2D eigenvalue weighted by Gasteiger charge is 2.05. The molecule has 0 aromatic carbocycles. The predicted octanol–water partition coefficient (Wildman–Crippen LogP) is 0.274. The fourth-order valence-corrected chi connectivity index (χ4v) is 0.982. The zero-order valence-corrected chi connectivity index (χ0v) is 8.50. The van der Waals surface area contributed by atoms with Crippen molar-refractivity contribution < 1.29 is 4.74 Å². The van der Waals surface area contributed by atoms with Gasteiger partial charge in [-0.3, -0.25) is 0 Å². The van der Waals surface area contributed by atoms with Crippen molar-refractivity contribution in [2.75, 3.05) is 13.7 Å². The molecule has 0 aliphatic carbocycles. The molecule has 0 saturated heterocycles.